The van der Waals surface area contributed by atoms with Crippen molar-refractivity contribution in [2.24, 2.45) is 0 Å². The van der Waals surface area contributed by atoms with Crippen LogP contribution in [0.25, 0.3) is 11.8 Å². The minimum Gasteiger partial charge on any atom is -0.497 e. The quantitative estimate of drug-likeness (QED) is 0.291. The van der Waals surface area contributed by atoms with Crippen LogP contribution in [0.15, 0.2) is 60.7 Å². The number of allylic oxidation sites excluding steroid dienone is 1. The number of benzene rings is 2. The molecule has 5 heteroatoms. The van der Waals surface area contributed by atoms with Gasteiger partial charge in [-0.25, -0.2) is 0 Å². The number of aryl methyl sites for hydroxylation is 1. The monoisotopic (exact) mass is 417 g/mol. The molecule has 0 spiro atoms. The van der Waals surface area contributed by atoms with E-state index in [1.165, 1.54) is 0 Å². The van der Waals surface area contributed by atoms with Gasteiger partial charge >= 0.3 is 5.97 Å². The van der Waals surface area contributed by atoms with Crippen LogP contribution in [0.1, 0.15) is 39.8 Å². The lowest BCUT2D eigenvalue weighted by Crippen LogP contribution is -2.07. The molecule has 0 radical (unpaired) electrons. The van der Waals surface area contributed by atoms with E-state index >= 15 is 0 Å². The third kappa shape index (κ3) is 5.31. The lowest BCUT2D eigenvalue weighted by atomic mass is 10.1. The summed E-state index contributed by atoms with van der Waals surface area (Å²) in [6.45, 7) is 6.24. The Kier molecular flexibility index (Phi) is 7.08. The molecule has 0 saturated heterocycles. The average Bonchev–Trinajstić information content (AvgIpc) is 3.06. The van der Waals surface area contributed by atoms with Gasteiger partial charge < -0.3 is 14.0 Å². The number of hydrogen-bond donors (Lipinski definition) is 0. The molecule has 0 N–H and O–H groups in total. The van der Waals surface area contributed by atoms with Gasteiger partial charge in [-0.15, -0.1) is 0 Å². The van der Waals surface area contributed by atoms with Crippen LogP contribution in [-0.4, -0.2) is 30.0 Å². The molecule has 31 heavy (non-hydrogen) atoms. The van der Waals surface area contributed by atoms with Gasteiger partial charge in [0, 0.05) is 22.6 Å². The molecule has 0 atom stereocenters. The summed E-state index contributed by atoms with van der Waals surface area (Å²) in [6, 6.07) is 17.0. The van der Waals surface area contributed by atoms with E-state index < -0.39 is 0 Å². The fraction of sp³-hybridized carbons (Fsp3) is 0.231. The number of rotatable bonds is 8. The van der Waals surface area contributed by atoms with Crippen molar-refractivity contribution in [2.75, 3.05) is 13.7 Å². The molecule has 1 heterocycles. The Labute approximate surface area is 182 Å². The Morgan fingerprint density at radius 2 is 1.68 bits per heavy atom. The normalized spacial score (nSPS) is 11.0. The number of carbonyl (C=O) groups excluding carboxylic acids is 2. The SMILES string of the molecule is CCOC(=O)Cc1ccc(-n2c(C)cc(/C=C/C(=O)c3ccc(OC)cc3)c2C)cc1. The van der Waals surface area contributed by atoms with Crippen molar-refractivity contribution in [1.82, 2.24) is 4.57 Å². The molecule has 0 aliphatic heterocycles. The predicted octanol–water partition coefficient (Wildman–Crippen LogP) is 5.10. The number of ether oxygens (including phenoxy) is 2. The molecule has 160 valence electrons. The Morgan fingerprint density at radius 3 is 2.29 bits per heavy atom. The Balaban J connectivity index is 1.77. The van der Waals surface area contributed by atoms with Crippen LogP contribution in [0, 0.1) is 13.8 Å². The van der Waals surface area contributed by atoms with Crippen LogP contribution in [0.3, 0.4) is 0 Å². The second-order valence-electron chi connectivity index (χ2n) is 7.24. The van der Waals surface area contributed by atoms with Crippen molar-refractivity contribution < 1.29 is 19.1 Å². The highest BCUT2D eigenvalue weighted by Crippen LogP contribution is 2.23. The van der Waals surface area contributed by atoms with E-state index in [1.807, 2.05) is 44.2 Å². The molecule has 3 rings (SSSR count). The van der Waals surface area contributed by atoms with Gasteiger partial charge in [0.1, 0.15) is 5.75 Å². The van der Waals surface area contributed by atoms with Crippen LogP contribution in [0.5, 0.6) is 5.75 Å². The molecule has 0 unspecified atom stereocenters. The smallest absolute Gasteiger partial charge is 0.310 e. The van der Waals surface area contributed by atoms with Crippen LogP contribution >= 0.6 is 0 Å². The zero-order chi connectivity index (χ0) is 22.4. The molecule has 0 amide bonds. The van der Waals surface area contributed by atoms with Crippen molar-refractivity contribution in [3.63, 3.8) is 0 Å². The molecule has 2 aromatic carbocycles. The van der Waals surface area contributed by atoms with E-state index in [4.69, 9.17) is 9.47 Å². The largest absolute Gasteiger partial charge is 0.497 e. The number of ketones is 1. The first kappa shape index (κ1) is 22.1. The van der Waals surface area contributed by atoms with Gasteiger partial charge in [0.05, 0.1) is 20.1 Å². The number of hydrogen-bond acceptors (Lipinski definition) is 4. The molecule has 0 aliphatic carbocycles. The Morgan fingerprint density at radius 1 is 1.00 bits per heavy atom. The topological polar surface area (TPSA) is 57.5 Å². The minimum atomic E-state index is -0.225. The van der Waals surface area contributed by atoms with Gasteiger partial charge in [0.25, 0.3) is 0 Å². The zero-order valence-corrected chi connectivity index (χ0v) is 18.3. The molecule has 0 saturated carbocycles. The van der Waals surface area contributed by atoms with Crippen LogP contribution in [-0.2, 0) is 16.0 Å². The van der Waals surface area contributed by atoms with Crippen LogP contribution in [0.4, 0.5) is 0 Å². The van der Waals surface area contributed by atoms with Crippen LogP contribution < -0.4 is 4.74 Å². The number of aromatic nitrogens is 1. The molecule has 0 bridgehead atoms. The molecule has 1 aromatic heterocycles. The molecule has 3 aromatic rings. The summed E-state index contributed by atoms with van der Waals surface area (Å²) in [5.41, 5.74) is 5.61. The van der Waals surface area contributed by atoms with E-state index in [1.54, 1.807) is 44.4 Å². The second kappa shape index (κ2) is 9.94. The molecular weight excluding hydrogens is 390 g/mol. The number of esters is 1. The first-order chi connectivity index (χ1) is 14.9. The minimum absolute atomic E-state index is 0.0595. The second-order valence-corrected chi connectivity index (χ2v) is 7.24. The lowest BCUT2D eigenvalue weighted by Gasteiger charge is -2.10. The summed E-state index contributed by atoms with van der Waals surface area (Å²) in [5, 5.41) is 0. The van der Waals surface area contributed by atoms with E-state index in [0.29, 0.717) is 12.2 Å². The maximum atomic E-state index is 12.5. The van der Waals surface area contributed by atoms with Gasteiger partial charge in [0.2, 0.25) is 0 Å². The first-order valence-corrected chi connectivity index (χ1v) is 10.2. The highest BCUT2D eigenvalue weighted by atomic mass is 16.5. The summed E-state index contributed by atoms with van der Waals surface area (Å²) < 4.78 is 12.3. The molecule has 0 fully saturated rings. The van der Waals surface area contributed by atoms with Crippen molar-refractivity contribution in [1.29, 1.82) is 0 Å². The summed E-state index contributed by atoms with van der Waals surface area (Å²) in [7, 11) is 1.60. The van der Waals surface area contributed by atoms with Gasteiger partial charge in [-0.3, -0.25) is 9.59 Å². The maximum absolute atomic E-state index is 12.5. The Bertz CT molecular complexity index is 1090. The van der Waals surface area contributed by atoms with Gasteiger partial charge in [-0.05, 0) is 86.5 Å². The van der Waals surface area contributed by atoms with Gasteiger partial charge in [-0.2, -0.15) is 0 Å². The number of carbonyl (C=O) groups is 2. The van der Waals surface area contributed by atoms with E-state index in [9.17, 15) is 9.59 Å². The van der Waals surface area contributed by atoms with Crippen molar-refractivity contribution in [2.45, 2.75) is 27.2 Å². The van der Waals surface area contributed by atoms with E-state index in [2.05, 4.69) is 10.6 Å². The summed E-state index contributed by atoms with van der Waals surface area (Å²) >= 11 is 0. The lowest BCUT2D eigenvalue weighted by molar-refractivity contribution is -0.142. The standard InChI is InChI=1S/C26H27NO4/c1-5-31-26(29)17-20-6-11-23(12-7-20)27-18(2)16-22(19(27)3)10-15-25(28)21-8-13-24(30-4)14-9-21/h6-16H,5,17H2,1-4H3/b15-10+. The Hall–Kier alpha value is -3.60. The number of methoxy groups -OCH3 is 1. The van der Waals surface area contributed by atoms with Gasteiger partial charge in [-0.1, -0.05) is 12.1 Å². The van der Waals surface area contributed by atoms with Crippen LogP contribution in [0.2, 0.25) is 0 Å². The fourth-order valence-corrected chi connectivity index (χ4v) is 3.51. The third-order valence-corrected chi connectivity index (χ3v) is 5.11. The third-order valence-electron chi connectivity index (χ3n) is 5.11. The predicted molar refractivity (Wildman–Crippen MR) is 122 cm³/mol. The summed E-state index contributed by atoms with van der Waals surface area (Å²) in [4.78, 5) is 24.2. The van der Waals surface area contributed by atoms with Crippen molar-refractivity contribution >= 4 is 17.8 Å². The first-order valence-electron chi connectivity index (χ1n) is 10.2. The molecular formula is C26H27NO4. The van der Waals surface area contributed by atoms with Crippen molar-refractivity contribution in [3.8, 4) is 11.4 Å². The zero-order valence-electron chi connectivity index (χ0n) is 18.3. The van der Waals surface area contributed by atoms with Crippen molar-refractivity contribution in [3.05, 3.63) is 88.8 Å². The number of nitrogens with zero attached hydrogens (tertiary/aromatic N) is 1. The molecule has 0 aliphatic rings. The summed E-state index contributed by atoms with van der Waals surface area (Å²) in [6.07, 6.45) is 3.70. The van der Waals surface area contributed by atoms with E-state index in [0.717, 1.165) is 34.0 Å². The van der Waals surface area contributed by atoms with Gasteiger partial charge in [0.15, 0.2) is 5.78 Å². The van der Waals surface area contributed by atoms with E-state index in [-0.39, 0.29) is 18.2 Å². The average molecular weight is 418 g/mol. The fourth-order valence-electron chi connectivity index (χ4n) is 3.51. The highest BCUT2D eigenvalue weighted by molar-refractivity contribution is 6.06. The highest BCUT2D eigenvalue weighted by Gasteiger charge is 2.11. The summed E-state index contributed by atoms with van der Waals surface area (Å²) in [5.74, 6) is 0.436. The maximum Gasteiger partial charge on any atom is 0.310 e. The molecule has 5 nitrogen and oxygen atoms in total.